The fourth-order valence-corrected chi connectivity index (χ4v) is 2.74. The summed E-state index contributed by atoms with van der Waals surface area (Å²) < 4.78 is 0. The highest BCUT2D eigenvalue weighted by atomic mass is 16.2. The van der Waals surface area contributed by atoms with Crippen molar-refractivity contribution in [3.63, 3.8) is 0 Å². The molecule has 1 aliphatic heterocycles. The average molecular weight is 247 g/mol. The number of hydrogen-bond acceptors (Lipinski definition) is 3. The number of likely N-dealkylation sites (tertiary alicyclic amines) is 1. The summed E-state index contributed by atoms with van der Waals surface area (Å²) in [4.78, 5) is 14.5. The van der Waals surface area contributed by atoms with Gasteiger partial charge in [-0.15, -0.1) is 0 Å². The van der Waals surface area contributed by atoms with Gasteiger partial charge in [0.05, 0.1) is 5.56 Å². The van der Waals surface area contributed by atoms with Crippen molar-refractivity contribution in [2.75, 3.05) is 11.5 Å². The maximum absolute atomic E-state index is 12.6. The third-order valence-corrected chi connectivity index (χ3v) is 3.73. The van der Waals surface area contributed by atoms with Gasteiger partial charge in [0.25, 0.3) is 5.91 Å². The van der Waals surface area contributed by atoms with Gasteiger partial charge in [0.1, 0.15) is 0 Å². The van der Waals surface area contributed by atoms with Crippen LogP contribution in [0.15, 0.2) is 18.2 Å². The normalized spacial score (nSPS) is 24.0. The van der Waals surface area contributed by atoms with Crippen LogP contribution < -0.4 is 11.5 Å². The molecular formula is C14H21N3O. The first-order valence-corrected chi connectivity index (χ1v) is 6.48. The zero-order valence-electron chi connectivity index (χ0n) is 11.0. The van der Waals surface area contributed by atoms with Gasteiger partial charge in [-0.1, -0.05) is 0 Å². The SMILES string of the molecule is CC1CCCC(C)N1C(=O)c1ccc(N)cc1N. The number of piperidine rings is 1. The Bertz CT molecular complexity index is 448. The summed E-state index contributed by atoms with van der Waals surface area (Å²) >= 11 is 0. The number of hydrogen-bond donors (Lipinski definition) is 2. The van der Waals surface area contributed by atoms with Crippen LogP contribution in [-0.4, -0.2) is 22.9 Å². The molecule has 4 heteroatoms. The number of amides is 1. The monoisotopic (exact) mass is 247 g/mol. The third kappa shape index (κ3) is 2.28. The lowest BCUT2D eigenvalue weighted by Crippen LogP contribution is -2.47. The van der Waals surface area contributed by atoms with E-state index in [0.717, 1.165) is 12.8 Å². The summed E-state index contributed by atoms with van der Waals surface area (Å²) in [6, 6.07) is 5.65. The van der Waals surface area contributed by atoms with Crippen molar-refractivity contribution < 1.29 is 4.79 Å². The maximum atomic E-state index is 12.6. The molecule has 1 aliphatic rings. The van der Waals surface area contributed by atoms with E-state index in [2.05, 4.69) is 13.8 Å². The van der Waals surface area contributed by atoms with E-state index < -0.39 is 0 Å². The second-order valence-electron chi connectivity index (χ2n) is 5.19. The Morgan fingerprint density at radius 2 is 1.83 bits per heavy atom. The number of carbonyl (C=O) groups is 1. The number of anilines is 2. The van der Waals surface area contributed by atoms with E-state index in [1.54, 1.807) is 18.2 Å². The molecule has 1 saturated heterocycles. The minimum atomic E-state index is 0.0206. The molecule has 0 aliphatic carbocycles. The molecule has 0 aromatic heterocycles. The Balaban J connectivity index is 2.29. The van der Waals surface area contributed by atoms with Gasteiger partial charge in [-0.2, -0.15) is 0 Å². The molecule has 0 bridgehead atoms. The van der Waals surface area contributed by atoms with Gasteiger partial charge in [0, 0.05) is 23.5 Å². The molecule has 1 amide bonds. The van der Waals surface area contributed by atoms with Crippen molar-refractivity contribution in [3.8, 4) is 0 Å². The lowest BCUT2D eigenvalue weighted by atomic mass is 9.96. The van der Waals surface area contributed by atoms with Gasteiger partial charge in [0.15, 0.2) is 0 Å². The minimum absolute atomic E-state index is 0.0206. The first-order chi connectivity index (χ1) is 8.50. The van der Waals surface area contributed by atoms with Gasteiger partial charge in [-0.05, 0) is 51.3 Å². The largest absolute Gasteiger partial charge is 0.399 e. The zero-order chi connectivity index (χ0) is 13.3. The summed E-state index contributed by atoms with van der Waals surface area (Å²) in [5, 5.41) is 0. The molecule has 1 aromatic carbocycles. The van der Waals surface area contributed by atoms with E-state index >= 15 is 0 Å². The molecule has 98 valence electrons. The van der Waals surface area contributed by atoms with Crippen molar-refractivity contribution >= 4 is 17.3 Å². The van der Waals surface area contributed by atoms with Crippen LogP contribution in [0.3, 0.4) is 0 Å². The number of benzene rings is 1. The van der Waals surface area contributed by atoms with Crippen LogP contribution in [-0.2, 0) is 0 Å². The molecular weight excluding hydrogens is 226 g/mol. The number of nitrogens with two attached hydrogens (primary N) is 2. The molecule has 1 heterocycles. The van der Waals surface area contributed by atoms with Crippen LogP contribution in [0, 0.1) is 0 Å². The van der Waals surface area contributed by atoms with Crippen LogP contribution in [0.25, 0.3) is 0 Å². The lowest BCUT2D eigenvalue weighted by Gasteiger charge is -2.39. The highest BCUT2D eigenvalue weighted by Crippen LogP contribution is 2.26. The minimum Gasteiger partial charge on any atom is -0.399 e. The summed E-state index contributed by atoms with van der Waals surface area (Å²) in [5.74, 6) is 0.0206. The van der Waals surface area contributed by atoms with Crippen molar-refractivity contribution in [1.82, 2.24) is 4.90 Å². The maximum Gasteiger partial charge on any atom is 0.256 e. The van der Waals surface area contributed by atoms with Gasteiger partial charge >= 0.3 is 0 Å². The number of rotatable bonds is 1. The predicted molar refractivity (Wildman–Crippen MR) is 74.2 cm³/mol. The Labute approximate surface area is 108 Å². The average Bonchev–Trinajstić information content (AvgIpc) is 2.28. The number of nitrogen functional groups attached to an aromatic ring is 2. The van der Waals surface area contributed by atoms with E-state index in [9.17, 15) is 4.79 Å². The smallest absolute Gasteiger partial charge is 0.256 e. The number of nitrogens with zero attached hydrogens (tertiary/aromatic N) is 1. The molecule has 1 fully saturated rings. The highest BCUT2D eigenvalue weighted by Gasteiger charge is 2.30. The highest BCUT2D eigenvalue weighted by molar-refractivity contribution is 6.00. The molecule has 4 N–H and O–H groups in total. The Hall–Kier alpha value is -1.71. The summed E-state index contributed by atoms with van der Waals surface area (Å²) in [6.07, 6.45) is 3.30. The second kappa shape index (κ2) is 4.88. The molecule has 0 saturated carbocycles. The van der Waals surface area contributed by atoms with Crippen LogP contribution in [0.1, 0.15) is 43.5 Å². The van der Waals surface area contributed by atoms with E-state index in [0.29, 0.717) is 16.9 Å². The molecule has 0 spiro atoms. The molecule has 1 aromatic rings. The predicted octanol–water partition coefficient (Wildman–Crippen LogP) is 2.25. The molecule has 2 rings (SSSR count). The van der Waals surface area contributed by atoms with Gasteiger partial charge in [-0.25, -0.2) is 0 Å². The zero-order valence-corrected chi connectivity index (χ0v) is 11.0. The van der Waals surface area contributed by atoms with E-state index in [1.807, 2.05) is 4.90 Å². The first kappa shape index (κ1) is 12.7. The first-order valence-electron chi connectivity index (χ1n) is 6.48. The Kier molecular flexibility index (Phi) is 3.45. The molecule has 2 atom stereocenters. The van der Waals surface area contributed by atoms with Crippen molar-refractivity contribution in [2.45, 2.75) is 45.2 Å². The van der Waals surface area contributed by atoms with Gasteiger partial charge in [0.2, 0.25) is 0 Å². The fraction of sp³-hybridized carbons (Fsp3) is 0.500. The van der Waals surface area contributed by atoms with Crippen molar-refractivity contribution in [1.29, 1.82) is 0 Å². The van der Waals surface area contributed by atoms with Crippen LogP contribution in [0.2, 0.25) is 0 Å². The third-order valence-electron chi connectivity index (χ3n) is 3.73. The Morgan fingerprint density at radius 1 is 1.22 bits per heavy atom. The lowest BCUT2D eigenvalue weighted by molar-refractivity contribution is 0.0512. The van der Waals surface area contributed by atoms with Crippen LogP contribution in [0.4, 0.5) is 11.4 Å². The summed E-state index contributed by atoms with van der Waals surface area (Å²) in [5.41, 5.74) is 13.2. The second-order valence-corrected chi connectivity index (χ2v) is 5.19. The molecule has 0 radical (unpaired) electrons. The molecule has 4 nitrogen and oxygen atoms in total. The summed E-state index contributed by atoms with van der Waals surface area (Å²) in [7, 11) is 0. The van der Waals surface area contributed by atoms with Crippen LogP contribution >= 0.6 is 0 Å². The van der Waals surface area contributed by atoms with E-state index in [-0.39, 0.29) is 18.0 Å². The number of carbonyl (C=O) groups excluding carboxylic acids is 1. The van der Waals surface area contributed by atoms with Gasteiger partial charge in [-0.3, -0.25) is 4.79 Å². The quantitative estimate of drug-likeness (QED) is 0.748. The Morgan fingerprint density at radius 3 is 2.39 bits per heavy atom. The standard InChI is InChI=1S/C14H21N3O/c1-9-4-3-5-10(2)17(9)14(18)12-7-6-11(15)8-13(12)16/h6-10H,3-5,15-16H2,1-2H3. The topological polar surface area (TPSA) is 72.3 Å². The molecule has 2 unspecified atom stereocenters. The molecule has 18 heavy (non-hydrogen) atoms. The van der Waals surface area contributed by atoms with E-state index in [4.69, 9.17) is 11.5 Å². The van der Waals surface area contributed by atoms with Crippen molar-refractivity contribution in [2.24, 2.45) is 0 Å². The summed E-state index contributed by atoms with van der Waals surface area (Å²) in [6.45, 7) is 4.20. The van der Waals surface area contributed by atoms with Gasteiger partial charge < -0.3 is 16.4 Å². The van der Waals surface area contributed by atoms with Crippen LogP contribution in [0.5, 0.6) is 0 Å². The van der Waals surface area contributed by atoms with E-state index in [1.165, 1.54) is 6.42 Å². The van der Waals surface area contributed by atoms with Crippen molar-refractivity contribution in [3.05, 3.63) is 23.8 Å². The fourth-order valence-electron chi connectivity index (χ4n) is 2.74.